The fourth-order valence-corrected chi connectivity index (χ4v) is 4.79. The standard InChI is InChI=1S/C22H24F2N2O2/c1-14(27)26-12-17-11-25(10-16-8-9-19(23)22(28-2)20(16)24)13-18(17)21(26)15-6-4-3-5-7-15/h3-9,17-18,21H,10-13H2,1-2H3/t17-,18-,21-/m1/s1. The van der Waals surface area contributed by atoms with Gasteiger partial charge in [0.2, 0.25) is 5.91 Å². The molecule has 2 fully saturated rings. The van der Waals surface area contributed by atoms with Crippen molar-refractivity contribution in [2.75, 3.05) is 26.7 Å². The normalized spacial score (nSPS) is 24.4. The highest BCUT2D eigenvalue weighted by molar-refractivity contribution is 5.74. The number of carbonyl (C=O) groups is 1. The lowest BCUT2D eigenvalue weighted by molar-refractivity contribution is -0.130. The molecule has 4 nitrogen and oxygen atoms in total. The van der Waals surface area contributed by atoms with Crippen molar-refractivity contribution in [3.63, 3.8) is 0 Å². The molecule has 0 spiro atoms. The fourth-order valence-electron chi connectivity index (χ4n) is 4.79. The molecular weight excluding hydrogens is 362 g/mol. The van der Waals surface area contributed by atoms with Crippen LogP contribution in [0.25, 0.3) is 0 Å². The maximum Gasteiger partial charge on any atom is 0.219 e. The summed E-state index contributed by atoms with van der Waals surface area (Å²) in [5.74, 6) is -0.921. The van der Waals surface area contributed by atoms with Crippen LogP contribution in [0.3, 0.4) is 0 Å². The summed E-state index contributed by atoms with van der Waals surface area (Å²) in [6.07, 6.45) is 0. The van der Waals surface area contributed by atoms with Crippen molar-refractivity contribution in [2.24, 2.45) is 11.8 Å². The van der Waals surface area contributed by atoms with Gasteiger partial charge in [0, 0.05) is 44.6 Å². The van der Waals surface area contributed by atoms with Crippen LogP contribution in [0, 0.1) is 23.5 Å². The van der Waals surface area contributed by atoms with E-state index in [0.717, 1.165) is 18.7 Å². The van der Waals surface area contributed by atoms with Crippen LogP contribution in [-0.4, -0.2) is 42.5 Å². The molecule has 4 rings (SSSR count). The number of benzene rings is 2. The highest BCUT2D eigenvalue weighted by Crippen LogP contribution is 2.45. The van der Waals surface area contributed by atoms with Gasteiger partial charge in [0.25, 0.3) is 0 Å². The molecule has 2 aliphatic heterocycles. The number of likely N-dealkylation sites (tertiary alicyclic amines) is 2. The number of carbonyl (C=O) groups excluding carboxylic acids is 1. The first-order valence-corrected chi connectivity index (χ1v) is 9.55. The molecule has 6 heteroatoms. The average Bonchev–Trinajstić information content (AvgIpc) is 3.22. The third-order valence-corrected chi connectivity index (χ3v) is 6.01. The lowest BCUT2D eigenvalue weighted by atomic mass is 9.89. The largest absolute Gasteiger partial charge is 0.491 e. The zero-order chi connectivity index (χ0) is 19.8. The van der Waals surface area contributed by atoms with E-state index in [1.165, 1.54) is 19.2 Å². The number of nitrogens with zero attached hydrogens (tertiary/aromatic N) is 2. The summed E-state index contributed by atoms with van der Waals surface area (Å²) in [6, 6.07) is 12.9. The Balaban J connectivity index is 1.55. The zero-order valence-electron chi connectivity index (χ0n) is 16.1. The average molecular weight is 386 g/mol. The second kappa shape index (κ2) is 7.51. The van der Waals surface area contributed by atoms with Gasteiger partial charge in [-0.1, -0.05) is 36.4 Å². The van der Waals surface area contributed by atoms with Gasteiger partial charge in [0.1, 0.15) is 0 Å². The van der Waals surface area contributed by atoms with Gasteiger partial charge in [0.05, 0.1) is 13.2 Å². The predicted molar refractivity (Wildman–Crippen MR) is 102 cm³/mol. The van der Waals surface area contributed by atoms with Crippen LogP contribution >= 0.6 is 0 Å². The van der Waals surface area contributed by atoms with E-state index in [2.05, 4.69) is 17.0 Å². The summed E-state index contributed by atoms with van der Waals surface area (Å²) < 4.78 is 33.1. The SMILES string of the molecule is COc1c(F)ccc(CN2C[C@@H]3CN(C(C)=O)[C@H](c4ccccc4)[C@@H]3C2)c1F. The predicted octanol–water partition coefficient (Wildman–Crippen LogP) is 3.62. The molecular formula is C22H24F2N2O2. The van der Waals surface area contributed by atoms with E-state index in [0.29, 0.717) is 30.5 Å². The molecule has 0 aromatic heterocycles. The monoisotopic (exact) mass is 386 g/mol. The van der Waals surface area contributed by atoms with Crippen LogP contribution in [0.1, 0.15) is 24.1 Å². The number of halogens is 2. The van der Waals surface area contributed by atoms with E-state index in [-0.39, 0.29) is 17.7 Å². The Morgan fingerprint density at radius 2 is 1.86 bits per heavy atom. The molecule has 148 valence electrons. The van der Waals surface area contributed by atoms with Crippen molar-refractivity contribution < 1.29 is 18.3 Å². The highest BCUT2D eigenvalue weighted by atomic mass is 19.1. The minimum Gasteiger partial charge on any atom is -0.491 e. The van der Waals surface area contributed by atoms with Crippen LogP contribution in [0.15, 0.2) is 42.5 Å². The van der Waals surface area contributed by atoms with Gasteiger partial charge in [-0.3, -0.25) is 9.69 Å². The molecule has 0 N–H and O–H groups in total. The number of methoxy groups -OCH3 is 1. The fraction of sp³-hybridized carbons (Fsp3) is 0.409. The van der Waals surface area contributed by atoms with Crippen LogP contribution in [0.2, 0.25) is 0 Å². The second-order valence-electron chi connectivity index (χ2n) is 7.70. The molecule has 3 atom stereocenters. The zero-order valence-corrected chi connectivity index (χ0v) is 16.1. The molecule has 2 aromatic carbocycles. The maximum absolute atomic E-state index is 14.5. The molecule has 0 radical (unpaired) electrons. The second-order valence-corrected chi connectivity index (χ2v) is 7.70. The molecule has 2 aliphatic rings. The lowest BCUT2D eigenvalue weighted by Gasteiger charge is -2.29. The van der Waals surface area contributed by atoms with Crippen LogP contribution in [-0.2, 0) is 11.3 Å². The van der Waals surface area contributed by atoms with Crippen LogP contribution < -0.4 is 4.74 Å². The summed E-state index contributed by atoms with van der Waals surface area (Å²) in [4.78, 5) is 16.3. The number of hydrogen-bond acceptors (Lipinski definition) is 3. The summed E-state index contributed by atoms with van der Waals surface area (Å²) in [5, 5.41) is 0. The van der Waals surface area contributed by atoms with E-state index in [1.807, 2.05) is 23.1 Å². The quantitative estimate of drug-likeness (QED) is 0.805. The van der Waals surface area contributed by atoms with Crippen LogP contribution in [0.4, 0.5) is 8.78 Å². The van der Waals surface area contributed by atoms with Gasteiger partial charge >= 0.3 is 0 Å². The molecule has 2 heterocycles. The van der Waals surface area contributed by atoms with E-state index in [1.54, 1.807) is 6.92 Å². The number of fused-ring (bicyclic) bond motifs is 1. The Morgan fingerprint density at radius 3 is 2.54 bits per heavy atom. The first-order chi connectivity index (χ1) is 13.5. The smallest absolute Gasteiger partial charge is 0.219 e. The summed E-state index contributed by atoms with van der Waals surface area (Å²) in [5.41, 5.74) is 1.57. The van der Waals surface area contributed by atoms with Gasteiger partial charge in [0.15, 0.2) is 17.4 Å². The van der Waals surface area contributed by atoms with Crippen molar-refractivity contribution in [2.45, 2.75) is 19.5 Å². The Kier molecular flexibility index (Phi) is 5.06. The van der Waals surface area contributed by atoms with Crippen molar-refractivity contribution in [1.82, 2.24) is 9.80 Å². The molecule has 2 saturated heterocycles. The van der Waals surface area contributed by atoms with E-state index in [4.69, 9.17) is 4.74 Å². The topological polar surface area (TPSA) is 32.8 Å². The van der Waals surface area contributed by atoms with Crippen molar-refractivity contribution in [3.05, 3.63) is 65.2 Å². The Bertz CT molecular complexity index is 874. The summed E-state index contributed by atoms with van der Waals surface area (Å²) in [6.45, 7) is 4.29. The summed E-state index contributed by atoms with van der Waals surface area (Å²) >= 11 is 0. The molecule has 0 unspecified atom stereocenters. The molecule has 2 aromatic rings. The third-order valence-electron chi connectivity index (χ3n) is 6.01. The number of rotatable bonds is 4. The molecule has 28 heavy (non-hydrogen) atoms. The van der Waals surface area contributed by atoms with Crippen molar-refractivity contribution in [3.8, 4) is 5.75 Å². The number of amides is 1. The first kappa shape index (κ1) is 18.9. The maximum atomic E-state index is 14.5. The summed E-state index contributed by atoms with van der Waals surface area (Å²) in [7, 11) is 1.27. The minimum atomic E-state index is -0.691. The van der Waals surface area contributed by atoms with E-state index < -0.39 is 11.6 Å². The first-order valence-electron chi connectivity index (χ1n) is 9.55. The number of hydrogen-bond donors (Lipinski definition) is 0. The Labute approximate surface area is 163 Å². The molecule has 0 saturated carbocycles. The Morgan fingerprint density at radius 1 is 1.11 bits per heavy atom. The van der Waals surface area contributed by atoms with Gasteiger partial charge in [-0.2, -0.15) is 0 Å². The number of ether oxygens (including phenoxy) is 1. The van der Waals surface area contributed by atoms with E-state index in [9.17, 15) is 13.6 Å². The third kappa shape index (κ3) is 3.26. The molecule has 0 bridgehead atoms. The van der Waals surface area contributed by atoms with E-state index >= 15 is 0 Å². The molecule has 1 amide bonds. The van der Waals surface area contributed by atoms with Gasteiger partial charge < -0.3 is 9.64 Å². The van der Waals surface area contributed by atoms with Crippen molar-refractivity contribution >= 4 is 5.91 Å². The van der Waals surface area contributed by atoms with Crippen LogP contribution in [0.5, 0.6) is 5.75 Å². The lowest BCUT2D eigenvalue weighted by Crippen LogP contribution is -2.34. The van der Waals surface area contributed by atoms with Crippen molar-refractivity contribution in [1.29, 1.82) is 0 Å². The molecule has 0 aliphatic carbocycles. The Hall–Kier alpha value is -2.47. The van der Waals surface area contributed by atoms with Gasteiger partial charge in [-0.25, -0.2) is 8.78 Å². The highest BCUT2D eigenvalue weighted by Gasteiger charge is 2.48. The van der Waals surface area contributed by atoms with Gasteiger partial charge in [-0.15, -0.1) is 0 Å². The minimum absolute atomic E-state index is 0.0429. The van der Waals surface area contributed by atoms with Gasteiger partial charge in [-0.05, 0) is 17.5 Å².